The molecule has 0 aliphatic heterocycles. The van der Waals surface area contributed by atoms with Crippen LogP contribution in [-0.4, -0.2) is 27.3 Å². The standard InChI is InChI=1S/C7H8ClN3O3/c1-3(7(13)14)10-4-2-9-11-6(12)5(4)8/h2-3H,1H3,(H,13,14)(H2,10,11,12)/t3-/m1/s1. The van der Waals surface area contributed by atoms with Gasteiger partial charge in [0.15, 0.2) is 0 Å². The van der Waals surface area contributed by atoms with Crippen molar-refractivity contribution in [3.8, 4) is 0 Å². The summed E-state index contributed by atoms with van der Waals surface area (Å²) in [5, 5.41) is 16.6. The second-order valence-corrected chi connectivity index (χ2v) is 3.01. The Labute approximate surface area is 83.9 Å². The molecule has 1 heterocycles. The number of hydrogen-bond donors (Lipinski definition) is 3. The van der Waals surface area contributed by atoms with Gasteiger partial charge in [0.2, 0.25) is 0 Å². The lowest BCUT2D eigenvalue weighted by molar-refractivity contribution is -0.137. The topological polar surface area (TPSA) is 95.1 Å². The maximum atomic E-state index is 11.0. The number of carbonyl (C=O) groups is 1. The number of aromatic nitrogens is 2. The Kier molecular flexibility index (Phi) is 3.08. The van der Waals surface area contributed by atoms with E-state index in [9.17, 15) is 9.59 Å². The highest BCUT2D eigenvalue weighted by Gasteiger charge is 2.13. The smallest absolute Gasteiger partial charge is 0.325 e. The van der Waals surface area contributed by atoms with Crippen LogP contribution in [0.15, 0.2) is 11.0 Å². The molecule has 0 fully saturated rings. The van der Waals surface area contributed by atoms with E-state index in [4.69, 9.17) is 16.7 Å². The van der Waals surface area contributed by atoms with Crippen LogP contribution in [-0.2, 0) is 4.79 Å². The van der Waals surface area contributed by atoms with Crippen molar-refractivity contribution >= 4 is 23.3 Å². The highest BCUT2D eigenvalue weighted by atomic mass is 35.5. The molecule has 1 aromatic heterocycles. The number of halogens is 1. The normalized spacial score (nSPS) is 12.1. The van der Waals surface area contributed by atoms with E-state index in [1.165, 1.54) is 13.1 Å². The van der Waals surface area contributed by atoms with Crippen LogP contribution < -0.4 is 10.9 Å². The first-order chi connectivity index (χ1) is 6.52. The third kappa shape index (κ3) is 2.23. The van der Waals surface area contributed by atoms with Gasteiger partial charge >= 0.3 is 5.97 Å². The summed E-state index contributed by atoms with van der Waals surface area (Å²) >= 11 is 5.60. The average molecular weight is 218 g/mol. The molecule has 76 valence electrons. The Balaban J connectivity index is 2.92. The number of nitrogens with one attached hydrogen (secondary N) is 2. The summed E-state index contributed by atoms with van der Waals surface area (Å²) in [7, 11) is 0. The van der Waals surface area contributed by atoms with Gasteiger partial charge in [-0.3, -0.25) is 9.59 Å². The Morgan fingerprint density at radius 2 is 2.43 bits per heavy atom. The van der Waals surface area contributed by atoms with Gasteiger partial charge in [-0.1, -0.05) is 11.6 Å². The van der Waals surface area contributed by atoms with Crippen LogP contribution in [0.3, 0.4) is 0 Å². The first-order valence-corrected chi connectivity index (χ1v) is 4.12. The molecule has 1 atom stereocenters. The van der Waals surface area contributed by atoms with E-state index in [0.29, 0.717) is 0 Å². The highest BCUT2D eigenvalue weighted by molar-refractivity contribution is 6.32. The summed E-state index contributed by atoms with van der Waals surface area (Å²) in [4.78, 5) is 21.4. The molecule has 3 N–H and O–H groups in total. The van der Waals surface area contributed by atoms with Gasteiger partial charge in [0.25, 0.3) is 5.56 Å². The number of aliphatic carboxylic acids is 1. The lowest BCUT2D eigenvalue weighted by atomic mass is 10.3. The van der Waals surface area contributed by atoms with Crippen LogP contribution in [0, 0.1) is 0 Å². The summed E-state index contributed by atoms with van der Waals surface area (Å²) in [6, 6.07) is -0.837. The largest absolute Gasteiger partial charge is 0.480 e. The van der Waals surface area contributed by atoms with Crippen LogP contribution in [0.25, 0.3) is 0 Å². The summed E-state index contributed by atoms with van der Waals surface area (Å²) in [6.45, 7) is 1.43. The van der Waals surface area contributed by atoms with Crippen LogP contribution in [0.1, 0.15) is 6.92 Å². The minimum Gasteiger partial charge on any atom is -0.480 e. The summed E-state index contributed by atoms with van der Waals surface area (Å²) in [5.41, 5.74) is -0.362. The number of aromatic amines is 1. The van der Waals surface area contributed by atoms with Crippen LogP contribution >= 0.6 is 11.6 Å². The Hall–Kier alpha value is -1.56. The number of anilines is 1. The molecule has 0 aromatic carbocycles. The fourth-order valence-electron chi connectivity index (χ4n) is 0.779. The molecule has 0 spiro atoms. The molecule has 0 amide bonds. The third-order valence-electron chi connectivity index (χ3n) is 1.54. The molecule has 1 rings (SSSR count). The lowest BCUT2D eigenvalue weighted by Crippen LogP contribution is -2.26. The number of rotatable bonds is 3. The van der Waals surface area contributed by atoms with E-state index < -0.39 is 17.6 Å². The van der Waals surface area contributed by atoms with Gasteiger partial charge in [0.05, 0.1) is 11.9 Å². The van der Waals surface area contributed by atoms with E-state index in [1.54, 1.807) is 0 Å². The fourth-order valence-corrected chi connectivity index (χ4v) is 0.925. The first-order valence-electron chi connectivity index (χ1n) is 3.75. The lowest BCUT2D eigenvalue weighted by Gasteiger charge is -2.10. The SMILES string of the molecule is C[C@@H](Nc1cn[nH]c(=O)c1Cl)C(=O)O. The Morgan fingerprint density at radius 3 is 3.00 bits per heavy atom. The van der Waals surface area contributed by atoms with Gasteiger partial charge in [-0.05, 0) is 6.92 Å². The fraction of sp³-hybridized carbons (Fsp3) is 0.286. The summed E-state index contributed by atoms with van der Waals surface area (Å²) in [5.74, 6) is -1.04. The van der Waals surface area contributed by atoms with E-state index in [2.05, 4.69) is 15.5 Å². The molecular formula is C7H8ClN3O3. The van der Waals surface area contributed by atoms with Gasteiger partial charge in [-0.15, -0.1) is 0 Å². The maximum absolute atomic E-state index is 11.0. The van der Waals surface area contributed by atoms with Crippen LogP contribution in [0.2, 0.25) is 5.02 Å². The van der Waals surface area contributed by atoms with Crippen molar-refractivity contribution in [1.29, 1.82) is 0 Å². The molecule has 0 saturated heterocycles. The molecule has 0 aliphatic rings. The van der Waals surface area contributed by atoms with E-state index >= 15 is 0 Å². The molecule has 0 saturated carbocycles. The number of nitrogens with zero attached hydrogens (tertiary/aromatic N) is 1. The minimum absolute atomic E-state index is 0.104. The molecule has 6 nitrogen and oxygen atoms in total. The predicted molar refractivity (Wildman–Crippen MR) is 50.6 cm³/mol. The van der Waals surface area contributed by atoms with Gasteiger partial charge < -0.3 is 10.4 Å². The quantitative estimate of drug-likeness (QED) is 0.677. The Morgan fingerprint density at radius 1 is 1.79 bits per heavy atom. The van der Waals surface area contributed by atoms with Crippen molar-refractivity contribution in [2.75, 3.05) is 5.32 Å². The van der Waals surface area contributed by atoms with Gasteiger partial charge in [0.1, 0.15) is 11.1 Å². The van der Waals surface area contributed by atoms with Crippen LogP contribution in [0.4, 0.5) is 5.69 Å². The molecule has 0 unspecified atom stereocenters. The van der Waals surface area contributed by atoms with Crippen molar-refractivity contribution in [2.24, 2.45) is 0 Å². The van der Waals surface area contributed by atoms with Crippen LogP contribution in [0.5, 0.6) is 0 Å². The predicted octanol–water partition coefficient (Wildman–Crippen LogP) is 0.308. The maximum Gasteiger partial charge on any atom is 0.325 e. The summed E-state index contributed by atoms with van der Waals surface area (Å²) < 4.78 is 0. The molecule has 0 aliphatic carbocycles. The minimum atomic E-state index is -1.04. The summed E-state index contributed by atoms with van der Waals surface area (Å²) in [6.07, 6.45) is 1.25. The zero-order chi connectivity index (χ0) is 10.7. The number of carboxylic acid groups (broad SMARTS) is 1. The van der Waals surface area contributed by atoms with Crippen molar-refractivity contribution < 1.29 is 9.90 Å². The number of carboxylic acids is 1. The molecular weight excluding hydrogens is 210 g/mol. The van der Waals surface area contributed by atoms with E-state index in [0.717, 1.165) is 0 Å². The van der Waals surface area contributed by atoms with E-state index in [1.807, 2.05) is 0 Å². The van der Waals surface area contributed by atoms with Crippen molar-refractivity contribution in [1.82, 2.24) is 10.2 Å². The van der Waals surface area contributed by atoms with Crippen molar-refractivity contribution in [2.45, 2.75) is 13.0 Å². The second-order valence-electron chi connectivity index (χ2n) is 2.63. The number of hydrogen-bond acceptors (Lipinski definition) is 4. The third-order valence-corrected chi connectivity index (χ3v) is 1.91. The van der Waals surface area contributed by atoms with Gasteiger partial charge in [-0.2, -0.15) is 5.10 Å². The molecule has 14 heavy (non-hydrogen) atoms. The van der Waals surface area contributed by atoms with Gasteiger partial charge in [-0.25, -0.2) is 5.10 Å². The molecule has 1 aromatic rings. The second kappa shape index (κ2) is 4.10. The zero-order valence-electron chi connectivity index (χ0n) is 7.24. The van der Waals surface area contributed by atoms with E-state index in [-0.39, 0.29) is 10.7 Å². The molecule has 0 radical (unpaired) electrons. The molecule has 0 bridgehead atoms. The van der Waals surface area contributed by atoms with Crippen molar-refractivity contribution in [3.63, 3.8) is 0 Å². The monoisotopic (exact) mass is 217 g/mol. The first kappa shape index (κ1) is 10.5. The Bertz CT molecular complexity index is 403. The number of H-pyrrole nitrogens is 1. The van der Waals surface area contributed by atoms with Crippen molar-refractivity contribution in [3.05, 3.63) is 21.6 Å². The zero-order valence-corrected chi connectivity index (χ0v) is 8.00. The van der Waals surface area contributed by atoms with Gasteiger partial charge in [0, 0.05) is 0 Å². The highest BCUT2D eigenvalue weighted by Crippen LogP contribution is 2.15. The average Bonchev–Trinajstić information content (AvgIpc) is 2.12. The molecule has 7 heteroatoms.